The van der Waals surface area contributed by atoms with Crippen LogP contribution in [0.2, 0.25) is 10.0 Å². The third-order valence-electron chi connectivity index (χ3n) is 3.38. The lowest BCUT2D eigenvalue weighted by Crippen LogP contribution is -2.56. The van der Waals surface area contributed by atoms with E-state index in [9.17, 15) is 4.79 Å². The Morgan fingerprint density at radius 2 is 2.05 bits per heavy atom. The zero-order valence-electron chi connectivity index (χ0n) is 12.3. The third kappa shape index (κ3) is 5.91. The van der Waals surface area contributed by atoms with Crippen molar-refractivity contribution in [3.63, 3.8) is 0 Å². The van der Waals surface area contributed by atoms with Gasteiger partial charge in [0.25, 0.3) is 5.91 Å². The second-order valence-electron chi connectivity index (χ2n) is 5.19. The van der Waals surface area contributed by atoms with Gasteiger partial charge < -0.3 is 15.8 Å². The van der Waals surface area contributed by atoms with E-state index in [1.165, 1.54) is 0 Å². The average Bonchev–Trinajstić information content (AvgIpc) is 2.39. The number of hydrogen-bond donors (Lipinski definition) is 2. The van der Waals surface area contributed by atoms with E-state index in [2.05, 4.69) is 5.32 Å². The normalized spacial score (nSPS) is 13.3. The van der Waals surface area contributed by atoms with Crippen LogP contribution in [0.1, 0.15) is 20.8 Å². The Kier molecular flexibility index (Phi) is 8.41. The number of rotatable bonds is 6. The van der Waals surface area contributed by atoms with Gasteiger partial charge in [-0.2, -0.15) is 0 Å². The van der Waals surface area contributed by atoms with Gasteiger partial charge in [0.1, 0.15) is 5.75 Å². The maximum absolute atomic E-state index is 11.9. The second-order valence-corrected chi connectivity index (χ2v) is 6.03. The van der Waals surface area contributed by atoms with Gasteiger partial charge in [0, 0.05) is 17.6 Å². The molecule has 0 aliphatic heterocycles. The molecule has 0 aromatic heterocycles. The van der Waals surface area contributed by atoms with Crippen LogP contribution in [0.5, 0.6) is 5.75 Å². The first-order chi connectivity index (χ1) is 9.28. The summed E-state index contributed by atoms with van der Waals surface area (Å²) in [6.45, 7) is 6.13. The quantitative estimate of drug-likeness (QED) is 0.823. The van der Waals surface area contributed by atoms with Crippen LogP contribution in [0.15, 0.2) is 18.2 Å². The van der Waals surface area contributed by atoms with Crippen molar-refractivity contribution in [2.24, 2.45) is 11.7 Å². The molecule has 0 saturated heterocycles. The fourth-order valence-corrected chi connectivity index (χ4v) is 1.85. The smallest absolute Gasteiger partial charge is 0.258 e. The molecule has 21 heavy (non-hydrogen) atoms. The molecule has 1 rings (SSSR count). The van der Waals surface area contributed by atoms with Gasteiger partial charge in [-0.15, -0.1) is 12.4 Å². The van der Waals surface area contributed by atoms with Gasteiger partial charge in [-0.1, -0.05) is 37.0 Å². The standard InChI is InChI=1S/C14H20Cl2N2O2.ClH/c1-9(2)14(3,8-17)18-13(19)7-20-12-6-10(15)4-5-11(12)16;/h4-6,9H,7-8,17H2,1-3H3,(H,18,19);1H. The molecular weight excluding hydrogens is 335 g/mol. The SMILES string of the molecule is CC(C)C(C)(CN)NC(=O)COc1cc(Cl)ccc1Cl.Cl. The minimum absolute atomic E-state index is 0. The zero-order valence-corrected chi connectivity index (χ0v) is 14.6. The van der Waals surface area contributed by atoms with Gasteiger partial charge in [0.15, 0.2) is 6.61 Å². The molecule has 3 N–H and O–H groups in total. The molecule has 1 amide bonds. The van der Waals surface area contributed by atoms with E-state index in [1.807, 2.05) is 20.8 Å². The molecule has 1 unspecified atom stereocenters. The molecule has 0 aliphatic carbocycles. The largest absolute Gasteiger partial charge is 0.482 e. The van der Waals surface area contributed by atoms with Crippen LogP contribution < -0.4 is 15.8 Å². The van der Waals surface area contributed by atoms with Gasteiger partial charge in [-0.3, -0.25) is 4.79 Å². The van der Waals surface area contributed by atoms with Gasteiger partial charge in [-0.05, 0) is 25.0 Å². The molecule has 0 fully saturated rings. The van der Waals surface area contributed by atoms with Crippen molar-refractivity contribution in [1.82, 2.24) is 5.32 Å². The van der Waals surface area contributed by atoms with Crippen LogP contribution in [0.3, 0.4) is 0 Å². The molecule has 1 aromatic carbocycles. The molecule has 0 spiro atoms. The van der Waals surface area contributed by atoms with E-state index in [0.717, 1.165) is 0 Å². The van der Waals surface area contributed by atoms with Gasteiger partial charge in [0.05, 0.1) is 10.6 Å². The Bertz CT molecular complexity index is 483. The summed E-state index contributed by atoms with van der Waals surface area (Å²) in [5, 5.41) is 3.79. The van der Waals surface area contributed by atoms with E-state index in [4.69, 9.17) is 33.7 Å². The number of hydrogen-bond acceptors (Lipinski definition) is 3. The summed E-state index contributed by atoms with van der Waals surface area (Å²) in [6, 6.07) is 4.85. The summed E-state index contributed by atoms with van der Waals surface area (Å²) in [5.74, 6) is 0.349. The van der Waals surface area contributed by atoms with Gasteiger partial charge >= 0.3 is 0 Å². The van der Waals surface area contributed by atoms with E-state index >= 15 is 0 Å². The first kappa shape index (κ1) is 20.3. The Morgan fingerprint density at radius 3 is 2.57 bits per heavy atom. The van der Waals surface area contributed by atoms with Crippen molar-refractivity contribution < 1.29 is 9.53 Å². The van der Waals surface area contributed by atoms with Crippen LogP contribution in [0.4, 0.5) is 0 Å². The summed E-state index contributed by atoms with van der Waals surface area (Å²) in [6.07, 6.45) is 0. The van der Waals surface area contributed by atoms with Crippen molar-refractivity contribution >= 4 is 41.5 Å². The third-order valence-corrected chi connectivity index (χ3v) is 3.92. The number of nitrogens with one attached hydrogen (secondary N) is 1. The fraction of sp³-hybridized carbons (Fsp3) is 0.500. The predicted molar refractivity (Wildman–Crippen MR) is 89.6 cm³/mol. The number of benzene rings is 1. The summed E-state index contributed by atoms with van der Waals surface area (Å²) in [7, 11) is 0. The van der Waals surface area contributed by atoms with Crippen molar-refractivity contribution in [2.75, 3.05) is 13.2 Å². The summed E-state index contributed by atoms with van der Waals surface area (Å²) in [5.41, 5.74) is 5.25. The number of carbonyl (C=O) groups excluding carboxylic acids is 1. The van der Waals surface area contributed by atoms with Crippen LogP contribution in [-0.4, -0.2) is 24.6 Å². The maximum Gasteiger partial charge on any atom is 0.258 e. The number of ether oxygens (including phenoxy) is 1. The summed E-state index contributed by atoms with van der Waals surface area (Å²) >= 11 is 11.8. The van der Waals surface area contributed by atoms with E-state index in [1.54, 1.807) is 18.2 Å². The zero-order chi connectivity index (χ0) is 15.3. The minimum atomic E-state index is -0.460. The highest BCUT2D eigenvalue weighted by molar-refractivity contribution is 6.34. The first-order valence-electron chi connectivity index (χ1n) is 6.37. The van der Waals surface area contributed by atoms with Crippen LogP contribution >= 0.6 is 35.6 Å². The highest BCUT2D eigenvalue weighted by Crippen LogP contribution is 2.27. The molecule has 4 nitrogen and oxygen atoms in total. The highest BCUT2D eigenvalue weighted by atomic mass is 35.5. The van der Waals surface area contributed by atoms with Crippen LogP contribution in [-0.2, 0) is 4.79 Å². The average molecular weight is 356 g/mol. The molecule has 1 atom stereocenters. The highest BCUT2D eigenvalue weighted by Gasteiger charge is 2.28. The Hall–Kier alpha value is -0.680. The predicted octanol–water partition coefficient (Wildman–Crippen LogP) is 3.28. The number of carbonyl (C=O) groups is 1. The van der Waals surface area contributed by atoms with E-state index < -0.39 is 5.54 Å². The topological polar surface area (TPSA) is 64.3 Å². The molecule has 0 radical (unpaired) electrons. The Labute approximate surface area is 141 Å². The molecular formula is C14H21Cl3N2O2. The monoisotopic (exact) mass is 354 g/mol. The van der Waals surface area contributed by atoms with Crippen molar-refractivity contribution in [1.29, 1.82) is 0 Å². The number of amides is 1. The van der Waals surface area contributed by atoms with Gasteiger partial charge in [0.2, 0.25) is 0 Å². The molecule has 0 aliphatic rings. The minimum Gasteiger partial charge on any atom is -0.482 e. The van der Waals surface area contributed by atoms with Crippen LogP contribution in [0.25, 0.3) is 0 Å². The number of nitrogens with two attached hydrogens (primary N) is 1. The lowest BCUT2D eigenvalue weighted by molar-refractivity contribution is -0.125. The van der Waals surface area contributed by atoms with E-state index in [0.29, 0.717) is 22.3 Å². The van der Waals surface area contributed by atoms with Crippen molar-refractivity contribution in [2.45, 2.75) is 26.3 Å². The lowest BCUT2D eigenvalue weighted by atomic mass is 9.88. The first-order valence-corrected chi connectivity index (χ1v) is 7.13. The second kappa shape index (κ2) is 8.69. The summed E-state index contributed by atoms with van der Waals surface area (Å²) < 4.78 is 5.38. The van der Waals surface area contributed by atoms with Crippen molar-refractivity contribution in [3.8, 4) is 5.75 Å². The van der Waals surface area contributed by atoms with E-state index in [-0.39, 0.29) is 30.8 Å². The summed E-state index contributed by atoms with van der Waals surface area (Å²) in [4.78, 5) is 11.9. The lowest BCUT2D eigenvalue weighted by Gasteiger charge is -2.33. The molecule has 0 saturated carbocycles. The Morgan fingerprint density at radius 1 is 1.43 bits per heavy atom. The molecule has 0 heterocycles. The Balaban J connectivity index is 0.00000400. The van der Waals surface area contributed by atoms with Gasteiger partial charge in [-0.25, -0.2) is 0 Å². The fourth-order valence-electron chi connectivity index (χ4n) is 1.52. The molecule has 120 valence electrons. The number of halogens is 3. The molecule has 1 aromatic rings. The molecule has 7 heteroatoms. The van der Waals surface area contributed by atoms with Crippen LogP contribution in [0, 0.1) is 5.92 Å². The maximum atomic E-state index is 11.9. The molecule has 0 bridgehead atoms. The van der Waals surface area contributed by atoms with Crippen molar-refractivity contribution in [3.05, 3.63) is 28.2 Å².